The molecule has 3 heterocycles. The number of hydrogen-bond donors (Lipinski definition) is 4. The molecule has 182 valence electrons. The van der Waals surface area contributed by atoms with Gasteiger partial charge in [-0.05, 0) is 44.9 Å². The highest BCUT2D eigenvalue weighted by atomic mass is 35.5. The molecule has 33 heavy (non-hydrogen) atoms. The summed E-state index contributed by atoms with van der Waals surface area (Å²) in [5, 5.41) is 7.09. The number of rotatable bonds is 8. The number of fused-ring (bicyclic) bond motifs is 1. The van der Waals surface area contributed by atoms with Crippen LogP contribution in [0.5, 0.6) is 0 Å². The van der Waals surface area contributed by atoms with E-state index >= 15 is 0 Å². The molecule has 5 N–H and O–H groups in total. The van der Waals surface area contributed by atoms with E-state index in [9.17, 15) is 0 Å². The molecule has 0 saturated heterocycles. The van der Waals surface area contributed by atoms with E-state index in [0.29, 0.717) is 24.1 Å². The Balaban J connectivity index is 0.00000153. The van der Waals surface area contributed by atoms with Crippen LogP contribution in [0.25, 0.3) is 11.2 Å². The Labute approximate surface area is 207 Å². The Kier molecular flexibility index (Phi) is 9.17. The number of anilines is 2. The van der Waals surface area contributed by atoms with Crippen molar-refractivity contribution in [3.05, 3.63) is 24.5 Å². The maximum atomic E-state index is 6.08. The molecular weight excluding hydrogens is 461 g/mol. The average Bonchev–Trinajstić information content (AvgIpc) is 3.54. The van der Waals surface area contributed by atoms with E-state index in [1.165, 1.54) is 25.7 Å². The smallest absolute Gasteiger partial charge is 0.227 e. The van der Waals surface area contributed by atoms with Gasteiger partial charge in [0.15, 0.2) is 17.0 Å². The first kappa shape index (κ1) is 25.5. The van der Waals surface area contributed by atoms with Crippen molar-refractivity contribution in [2.24, 2.45) is 5.73 Å². The Morgan fingerprint density at radius 2 is 1.82 bits per heavy atom. The molecule has 2 fully saturated rings. The van der Waals surface area contributed by atoms with E-state index < -0.39 is 0 Å². The number of aromatic amines is 1. The standard InChI is InChI=1S/C22H33N9.2ClH/c23-15-7-9-16(10-8-15)28-22-29-20(26-11-3-6-18-24-12-13-25-18)19-21(30-22)31(14-27-19)17-4-1-2-5-17;;/h12-17H,1-11,23H2,(H,24,25)(H2,26,28,29,30);2*1H/t15-,16-;;. The zero-order chi connectivity index (χ0) is 21.0. The van der Waals surface area contributed by atoms with Crippen molar-refractivity contribution < 1.29 is 0 Å². The molecule has 5 rings (SSSR count). The van der Waals surface area contributed by atoms with Crippen LogP contribution in [0.1, 0.15) is 69.7 Å². The van der Waals surface area contributed by atoms with Gasteiger partial charge in [-0.1, -0.05) is 12.8 Å². The summed E-state index contributed by atoms with van der Waals surface area (Å²) in [6.07, 6.45) is 16.7. The Bertz CT molecular complexity index is 977. The van der Waals surface area contributed by atoms with E-state index in [1.54, 1.807) is 6.20 Å². The summed E-state index contributed by atoms with van der Waals surface area (Å²) >= 11 is 0. The highest BCUT2D eigenvalue weighted by Crippen LogP contribution is 2.33. The topological polar surface area (TPSA) is 122 Å². The maximum absolute atomic E-state index is 6.08. The first-order valence-corrected chi connectivity index (χ1v) is 11.7. The first-order chi connectivity index (χ1) is 15.3. The minimum Gasteiger partial charge on any atom is -0.368 e. The molecule has 2 aliphatic carbocycles. The van der Waals surface area contributed by atoms with Gasteiger partial charge < -0.3 is 25.9 Å². The van der Waals surface area contributed by atoms with Gasteiger partial charge >= 0.3 is 0 Å². The molecule has 3 aromatic heterocycles. The Hall–Kier alpha value is -2.10. The van der Waals surface area contributed by atoms with Crippen LogP contribution in [-0.2, 0) is 6.42 Å². The highest BCUT2D eigenvalue weighted by Gasteiger charge is 2.23. The zero-order valence-electron chi connectivity index (χ0n) is 18.9. The largest absolute Gasteiger partial charge is 0.368 e. The number of aromatic nitrogens is 6. The summed E-state index contributed by atoms with van der Waals surface area (Å²) < 4.78 is 2.26. The quantitative estimate of drug-likeness (QED) is 0.344. The van der Waals surface area contributed by atoms with Crippen LogP contribution in [0.3, 0.4) is 0 Å². The van der Waals surface area contributed by atoms with Gasteiger partial charge in [0, 0.05) is 43.5 Å². The zero-order valence-corrected chi connectivity index (χ0v) is 20.5. The third-order valence-corrected chi connectivity index (χ3v) is 6.68. The molecule has 0 atom stereocenters. The summed E-state index contributed by atoms with van der Waals surface area (Å²) in [5.74, 6) is 2.52. The number of imidazole rings is 2. The molecule has 0 aliphatic heterocycles. The van der Waals surface area contributed by atoms with Crippen LogP contribution in [0.15, 0.2) is 18.7 Å². The highest BCUT2D eigenvalue weighted by molar-refractivity contribution is 5.86. The van der Waals surface area contributed by atoms with Crippen molar-refractivity contribution in [3.63, 3.8) is 0 Å². The monoisotopic (exact) mass is 495 g/mol. The predicted molar refractivity (Wildman–Crippen MR) is 137 cm³/mol. The van der Waals surface area contributed by atoms with Crippen molar-refractivity contribution in [2.75, 3.05) is 17.2 Å². The summed E-state index contributed by atoms with van der Waals surface area (Å²) in [6.45, 7) is 0.806. The van der Waals surface area contributed by atoms with Crippen molar-refractivity contribution in [3.8, 4) is 0 Å². The van der Waals surface area contributed by atoms with Crippen molar-refractivity contribution in [1.29, 1.82) is 0 Å². The molecule has 0 spiro atoms. The van der Waals surface area contributed by atoms with Gasteiger partial charge in [0.25, 0.3) is 0 Å². The molecule has 2 saturated carbocycles. The number of H-pyrrole nitrogens is 1. The van der Waals surface area contributed by atoms with Crippen LogP contribution >= 0.6 is 24.8 Å². The number of nitrogens with one attached hydrogen (secondary N) is 3. The van der Waals surface area contributed by atoms with Crippen molar-refractivity contribution in [2.45, 2.75) is 82.3 Å². The number of halogens is 2. The summed E-state index contributed by atoms with van der Waals surface area (Å²) in [5.41, 5.74) is 7.88. The lowest BCUT2D eigenvalue weighted by Gasteiger charge is -2.27. The third kappa shape index (κ3) is 6.07. The van der Waals surface area contributed by atoms with Gasteiger partial charge in [0.2, 0.25) is 5.95 Å². The van der Waals surface area contributed by atoms with E-state index in [-0.39, 0.29) is 24.8 Å². The lowest BCUT2D eigenvalue weighted by molar-refractivity contribution is 0.410. The van der Waals surface area contributed by atoms with Crippen LogP contribution in [0, 0.1) is 0 Å². The van der Waals surface area contributed by atoms with Crippen molar-refractivity contribution in [1.82, 2.24) is 29.5 Å². The lowest BCUT2D eigenvalue weighted by atomic mass is 9.92. The van der Waals surface area contributed by atoms with E-state index in [1.807, 2.05) is 12.5 Å². The molecular formula is C22H35Cl2N9. The summed E-state index contributed by atoms with van der Waals surface area (Å²) in [7, 11) is 0. The van der Waals surface area contributed by atoms with Crippen LogP contribution in [0.4, 0.5) is 11.8 Å². The second kappa shape index (κ2) is 11.9. The van der Waals surface area contributed by atoms with Gasteiger partial charge in [0.1, 0.15) is 5.82 Å². The van der Waals surface area contributed by atoms with Gasteiger partial charge in [-0.25, -0.2) is 9.97 Å². The fraction of sp³-hybridized carbons (Fsp3) is 0.636. The van der Waals surface area contributed by atoms with Gasteiger partial charge in [-0.15, -0.1) is 24.8 Å². The fourth-order valence-electron chi connectivity index (χ4n) is 4.90. The van der Waals surface area contributed by atoms with Crippen LogP contribution < -0.4 is 16.4 Å². The van der Waals surface area contributed by atoms with E-state index in [0.717, 1.165) is 67.9 Å². The normalized spacial score (nSPS) is 20.9. The van der Waals surface area contributed by atoms with Crippen LogP contribution in [-0.4, -0.2) is 48.1 Å². The molecule has 0 radical (unpaired) electrons. The minimum absolute atomic E-state index is 0. The Morgan fingerprint density at radius 1 is 1.03 bits per heavy atom. The molecule has 9 nitrogen and oxygen atoms in total. The van der Waals surface area contributed by atoms with Gasteiger partial charge in [-0.2, -0.15) is 9.97 Å². The molecule has 11 heteroatoms. The molecule has 0 bridgehead atoms. The molecule has 2 aliphatic rings. The van der Waals surface area contributed by atoms with Gasteiger partial charge in [-0.3, -0.25) is 0 Å². The van der Waals surface area contributed by atoms with Gasteiger partial charge in [0.05, 0.1) is 6.33 Å². The second-order valence-corrected chi connectivity index (χ2v) is 8.98. The number of hydrogen-bond acceptors (Lipinski definition) is 7. The molecule has 3 aromatic rings. The molecule has 0 amide bonds. The molecule has 0 aromatic carbocycles. The lowest BCUT2D eigenvalue weighted by Crippen LogP contribution is -2.33. The van der Waals surface area contributed by atoms with Crippen LogP contribution in [0.2, 0.25) is 0 Å². The average molecular weight is 496 g/mol. The number of aryl methyl sites for hydroxylation is 1. The predicted octanol–water partition coefficient (Wildman–Crippen LogP) is 4.23. The van der Waals surface area contributed by atoms with E-state index in [4.69, 9.17) is 20.7 Å². The summed E-state index contributed by atoms with van der Waals surface area (Å²) in [4.78, 5) is 21.9. The number of nitrogens with two attached hydrogens (primary N) is 1. The third-order valence-electron chi connectivity index (χ3n) is 6.68. The van der Waals surface area contributed by atoms with E-state index in [2.05, 4.69) is 25.2 Å². The SMILES string of the molecule is Cl.Cl.N[C@H]1CC[C@H](Nc2nc(NCCCc3ncc[nH]3)c3ncn(C4CCCC4)c3n2)CC1. The van der Waals surface area contributed by atoms with Crippen molar-refractivity contribution >= 4 is 47.7 Å². The minimum atomic E-state index is 0. The first-order valence-electron chi connectivity index (χ1n) is 11.7. The fourth-order valence-corrected chi connectivity index (χ4v) is 4.90. The maximum Gasteiger partial charge on any atom is 0.227 e. The number of nitrogens with zero attached hydrogens (tertiary/aromatic N) is 5. The summed E-state index contributed by atoms with van der Waals surface area (Å²) in [6, 6.07) is 1.20. The Morgan fingerprint density at radius 3 is 2.55 bits per heavy atom. The molecule has 0 unspecified atom stereocenters. The second-order valence-electron chi connectivity index (χ2n) is 8.98.